The first kappa shape index (κ1) is 12.4. The van der Waals surface area contributed by atoms with Gasteiger partial charge in [-0.25, -0.2) is 0 Å². The molecule has 0 amide bonds. The number of Topliss-reactive ketones (excluding diaryl/α,β-unsaturated/α-hetero) is 1. The summed E-state index contributed by atoms with van der Waals surface area (Å²) >= 11 is 3.74. The lowest BCUT2D eigenvalue weighted by Crippen LogP contribution is -2.35. The number of carbonyl (C=O) groups excluding carboxylic acids is 1. The molecular weight excluding hydrogens is 216 g/mol. The third-order valence-corrected chi connectivity index (χ3v) is 5.51. The van der Waals surface area contributed by atoms with Crippen LogP contribution in [0.2, 0.25) is 0 Å². The highest BCUT2D eigenvalue weighted by molar-refractivity contribution is 8.07. The van der Waals surface area contributed by atoms with Gasteiger partial charge in [-0.2, -0.15) is 11.8 Å². The van der Waals surface area contributed by atoms with Crippen molar-refractivity contribution in [3.8, 4) is 0 Å². The lowest BCUT2D eigenvalue weighted by Gasteiger charge is -2.28. The summed E-state index contributed by atoms with van der Waals surface area (Å²) in [4.78, 5) is 11.8. The lowest BCUT2D eigenvalue weighted by atomic mass is 10.2. The van der Waals surface area contributed by atoms with E-state index < -0.39 is 0 Å². The molecule has 1 aliphatic heterocycles. The van der Waals surface area contributed by atoms with Crippen LogP contribution in [-0.4, -0.2) is 41.0 Å². The van der Waals surface area contributed by atoms with Crippen LogP contribution in [0.4, 0.5) is 0 Å². The van der Waals surface area contributed by atoms with E-state index in [1.165, 1.54) is 5.75 Å². The third kappa shape index (κ3) is 3.48. The van der Waals surface area contributed by atoms with Gasteiger partial charge >= 0.3 is 0 Å². The van der Waals surface area contributed by atoms with Crippen molar-refractivity contribution < 1.29 is 9.53 Å². The predicted octanol–water partition coefficient (Wildman–Crippen LogP) is 2.22. The Balaban J connectivity index is 2.41. The Morgan fingerprint density at radius 3 is 2.71 bits per heavy atom. The Labute approximate surface area is 94.5 Å². The van der Waals surface area contributed by atoms with Gasteiger partial charge < -0.3 is 4.74 Å². The molecule has 1 aliphatic rings. The molecule has 82 valence electrons. The van der Waals surface area contributed by atoms with Crippen molar-refractivity contribution in [3.63, 3.8) is 0 Å². The van der Waals surface area contributed by atoms with Crippen LogP contribution in [0, 0.1) is 0 Å². The molecule has 1 fully saturated rings. The van der Waals surface area contributed by atoms with Gasteiger partial charge in [0.1, 0.15) is 6.61 Å². The van der Waals surface area contributed by atoms with E-state index in [2.05, 4.69) is 6.92 Å². The fraction of sp³-hybridized carbons (Fsp3) is 0.900. The van der Waals surface area contributed by atoms with E-state index in [0.717, 1.165) is 12.2 Å². The molecule has 0 spiro atoms. The van der Waals surface area contributed by atoms with Crippen LogP contribution in [0.3, 0.4) is 0 Å². The first-order chi connectivity index (χ1) is 6.79. The number of rotatable bonds is 5. The molecular formula is C10H18O2S2. The second kappa shape index (κ2) is 6.75. The van der Waals surface area contributed by atoms with Crippen molar-refractivity contribution in [2.24, 2.45) is 0 Å². The number of ether oxygens (including phenoxy) is 1. The van der Waals surface area contributed by atoms with Gasteiger partial charge in [0.05, 0.1) is 5.25 Å². The van der Waals surface area contributed by atoms with Crippen molar-refractivity contribution in [2.75, 3.05) is 24.7 Å². The molecule has 1 saturated heterocycles. The molecule has 0 radical (unpaired) electrons. The Hall–Kier alpha value is 0.330. The van der Waals surface area contributed by atoms with Crippen LogP contribution in [0.25, 0.3) is 0 Å². The Morgan fingerprint density at radius 2 is 2.07 bits per heavy atom. The zero-order valence-corrected chi connectivity index (χ0v) is 10.5. The normalized spacial score (nSPS) is 27.6. The van der Waals surface area contributed by atoms with Gasteiger partial charge in [-0.15, -0.1) is 11.8 Å². The summed E-state index contributed by atoms with van der Waals surface area (Å²) in [6, 6.07) is 0. The topological polar surface area (TPSA) is 26.3 Å². The summed E-state index contributed by atoms with van der Waals surface area (Å²) in [6.45, 7) is 5.01. The lowest BCUT2D eigenvalue weighted by molar-refractivity contribution is -0.122. The van der Waals surface area contributed by atoms with E-state index >= 15 is 0 Å². The van der Waals surface area contributed by atoms with Crippen LogP contribution in [0.1, 0.15) is 20.3 Å². The monoisotopic (exact) mass is 234 g/mol. The number of ketones is 1. The average Bonchev–Trinajstić information content (AvgIpc) is 2.25. The van der Waals surface area contributed by atoms with E-state index in [-0.39, 0.29) is 11.0 Å². The van der Waals surface area contributed by atoms with Crippen molar-refractivity contribution in [3.05, 3.63) is 0 Å². The van der Waals surface area contributed by atoms with E-state index in [1.54, 1.807) is 11.8 Å². The molecule has 0 aromatic carbocycles. The van der Waals surface area contributed by atoms with E-state index in [9.17, 15) is 4.79 Å². The minimum absolute atomic E-state index is 0.172. The van der Waals surface area contributed by atoms with Crippen molar-refractivity contribution in [1.29, 1.82) is 0 Å². The van der Waals surface area contributed by atoms with Gasteiger partial charge in [-0.3, -0.25) is 4.79 Å². The Morgan fingerprint density at radius 1 is 1.36 bits per heavy atom. The highest BCUT2D eigenvalue weighted by Gasteiger charge is 2.30. The first-order valence-corrected chi connectivity index (χ1v) is 7.23. The molecule has 14 heavy (non-hydrogen) atoms. The molecule has 0 aromatic heterocycles. The molecule has 1 heterocycles. The summed E-state index contributed by atoms with van der Waals surface area (Å²) in [7, 11) is 0. The van der Waals surface area contributed by atoms with Crippen molar-refractivity contribution >= 4 is 29.3 Å². The second-order valence-electron chi connectivity index (χ2n) is 3.21. The summed E-state index contributed by atoms with van der Waals surface area (Å²) in [6.07, 6.45) is 1.08. The van der Waals surface area contributed by atoms with Gasteiger partial charge in [0, 0.05) is 23.4 Å². The molecule has 2 atom stereocenters. The van der Waals surface area contributed by atoms with Gasteiger partial charge in [-0.05, 0) is 13.3 Å². The van der Waals surface area contributed by atoms with Crippen LogP contribution in [0.5, 0.6) is 0 Å². The minimum Gasteiger partial charge on any atom is -0.374 e. The molecule has 0 N–H and O–H groups in total. The molecule has 2 unspecified atom stereocenters. The van der Waals surface area contributed by atoms with Gasteiger partial charge in [0.15, 0.2) is 5.78 Å². The number of hydrogen-bond donors (Lipinski definition) is 0. The van der Waals surface area contributed by atoms with Crippen LogP contribution in [-0.2, 0) is 9.53 Å². The quantitative estimate of drug-likeness (QED) is 0.728. The van der Waals surface area contributed by atoms with Crippen molar-refractivity contribution in [2.45, 2.75) is 30.8 Å². The van der Waals surface area contributed by atoms with E-state index in [4.69, 9.17) is 4.74 Å². The third-order valence-electron chi connectivity index (χ3n) is 2.22. The van der Waals surface area contributed by atoms with Gasteiger partial charge in [0.2, 0.25) is 0 Å². The molecule has 0 bridgehead atoms. The molecule has 4 heteroatoms. The maximum Gasteiger partial charge on any atom is 0.172 e. The minimum atomic E-state index is 0.172. The zero-order chi connectivity index (χ0) is 10.4. The van der Waals surface area contributed by atoms with Crippen LogP contribution in [0.15, 0.2) is 0 Å². The van der Waals surface area contributed by atoms with Gasteiger partial charge in [0.25, 0.3) is 0 Å². The summed E-state index contributed by atoms with van der Waals surface area (Å²) in [5.74, 6) is 2.56. The standard InChI is InChI=1S/C10H18O2S2/c1-3-9-10(14-6-5-13-9)8(11)7-12-4-2/h9-10H,3-7H2,1-2H3. The average molecular weight is 234 g/mol. The smallest absolute Gasteiger partial charge is 0.172 e. The Bertz CT molecular complexity index is 185. The fourth-order valence-electron chi connectivity index (χ4n) is 1.49. The SMILES string of the molecule is CCOCC(=O)C1SCCSC1CC. The summed E-state index contributed by atoms with van der Waals surface area (Å²) in [5, 5.41) is 0.673. The largest absolute Gasteiger partial charge is 0.374 e. The number of thioether (sulfide) groups is 2. The fourth-order valence-corrected chi connectivity index (χ4v) is 4.51. The Kier molecular flexibility index (Phi) is 5.98. The van der Waals surface area contributed by atoms with Crippen molar-refractivity contribution in [1.82, 2.24) is 0 Å². The predicted molar refractivity (Wildman–Crippen MR) is 64.3 cm³/mol. The summed E-state index contributed by atoms with van der Waals surface area (Å²) < 4.78 is 5.17. The zero-order valence-electron chi connectivity index (χ0n) is 8.82. The maximum atomic E-state index is 11.8. The molecule has 2 nitrogen and oxygen atoms in total. The van der Waals surface area contributed by atoms with Crippen LogP contribution < -0.4 is 0 Å². The number of carbonyl (C=O) groups is 1. The van der Waals surface area contributed by atoms with E-state index in [1.807, 2.05) is 18.7 Å². The van der Waals surface area contributed by atoms with E-state index in [0.29, 0.717) is 18.5 Å². The molecule has 0 aliphatic carbocycles. The molecule has 0 saturated carbocycles. The molecule has 1 rings (SSSR count). The van der Waals surface area contributed by atoms with Crippen LogP contribution >= 0.6 is 23.5 Å². The molecule has 0 aromatic rings. The summed E-state index contributed by atoms with van der Waals surface area (Å²) in [5.41, 5.74) is 0. The highest BCUT2D eigenvalue weighted by Crippen LogP contribution is 2.33. The number of hydrogen-bond acceptors (Lipinski definition) is 4. The maximum absolute atomic E-state index is 11.8. The first-order valence-electron chi connectivity index (χ1n) is 5.13. The highest BCUT2D eigenvalue weighted by atomic mass is 32.2. The van der Waals surface area contributed by atoms with Gasteiger partial charge in [-0.1, -0.05) is 6.92 Å². The second-order valence-corrected chi connectivity index (χ2v) is 5.81.